The highest BCUT2D eigenvalue weighted by Gasteiger charge is 2.22. The van der Waals surface area contributed by atoms with E-state index in [2.05, 4.69) is 10.3 Å². The van der Waals surface area contributed by atoms with Crippen LogP contribution in [-0.4, -0.2) is 35.9 Å². The number of amides is 1. The topological polar surface area (TPSA) is 92.0 Å². The Morgan fingerprint density at radius 3 is 2.54 bits per heavy atom. The third-order valence-corrected chi connectivity index (χ3v) is 5.06. The number of benzene rings is 2. The number of rotatable bonds is 10. The number of carbonyl (C=O) groups excluding carboxylic acids is 1. The summed E-state index contributed by atoms with van der Waals surface area (Å²) < 4.78 is 28.4. The standard InChI is InChI=1S/C27H32N2O6/c1-18(29-26(30)35-27(2,3)4)16-31-21-12-10-20(11-13-21)25-28-15-24(34-25)33-23-7-5-6-22(14-23)32-17-19-8-9-19/h5-7,10-15,18-19H,8-9,16-17H2,1-4H3,(H,29,30). The third-order valence-electron chi connectivity index (χ3n) is 5.06. The molecule has 35 heavy (non-hydrogen) atoms. The number of hydrogen-bond acceptors (Lipinski definition) is 7. The number of nitrogens with one attached hydrogen (secondary N) is 1. The fraction of sp³-hybridized carbons (Fsp3) is 0.407. The molecule has 1 atom stereocenters. The summed E-state index contributed by atoms with van der Waals surface area (Å²) in [5, 5.41) is 2.75. The number of hydrogen-bond donors (Lipinski definition) is 1. The molecular formula is C27H32N2O6. The van der Waals surface area contributed by atoms with E-state index in [0.29, 0.717) is 35.9 Å². The van der Waals surface area contributed by atoms with Gasteiger partial charge in [-0.2, -0.15) is 0 Å². The Bertz CT molecular complexity index is 1120. The van der Waals surface area contributed by atoms with Crippen LogP contribution < -0.4 is 19.5 Å². The fourth-order valence-corrected chi connectivity index (χ4v) is 3.15. The lowest BCUT2D eigenvalue weighted by Crippen LogP contribution is -2.40. The molecule has 2 aromatic carbocycles. The number of ether oxygens (including phenoxy) is 4. The molecule has 1 amide bonds. The van der Waals surface area contributed by atoms with Crippen molar-refractivity contribution >= 4 is 6.09 Å². The van der Waals surface area contributed by atoms with Gasteiger partial charge in [0.1, 0.15) is 35.7 Å². The van der Waals surface area contributed by atoms with Crippen LogP contribution in [0.5, 0.6) is 23.2 Å². The van der Waals surface area contributed by atoms with Gasteiger partial charge in [0.05, 0.1) is 12.6 Å². The van der Waals surface area contributed by atoms with Crippen LogP contribution in [-0.2, 0) is 4.74 Å². The molecule has 8 nitrogen and oxygen atoms in total. The van der Waals surface area contributed by atoms with Crippen molar-refractivity contribution in [2.24, 2.45) is 5.92 Å². The number of nitrogens with zero attached hydrogens (tertiary/aromatic N) is 1. The molecule has 0 aliphatic heterocycles. The summed E-state index contributed by atoms with van der Waals surface area (Å²) >= 11 is 0. The number of aromatic nitrogens is 1. The molecule has 0 spiro atoms. The summed E-state index contributed by atoms with van der Waals surface area (Å²) in [6.07, 6.45) is 3.56. The SMILES string of the molecule is CC(COc1ccc(-c2ncc(Oc3cccc(OCC4CC4)c3)o2)cc1)NC(=O)OC(C)(C)C. The quantitative estimate of drug-likeness (QED) is 0.368. The summed E-state index contributed by atoms with van der Waals surface area (Å²) in [6, 6.07) is 14.6. The van der Waals surface area contributed by atoms with Gasteiger partial charge in [-0.15, -0.1) is 0 Å². The predicted molar refractivity (Wildman–Crippen MR) is 131 cm³/mol. The largest absolute Gasteiger partial charge is 0.493 e. The zero-order valence-corrected chi connectivity index (χ0v) is 20.6. The molecular weight excluding hydrogens is 448 g/mol. The van der Waals surface area contributed by atoms with Crippen LogP contribution in [0.3, 0.4) is 0 Å². The van der Waals surface area contributed by atoms with Gasteiger partial charge in [0.15, 0.2) is 0 Å². The lowest BCUT2D eigenvalue weighted by molar-refractivity contribution is 0.0494. The van der Waals surface area contributed by atoms with Gasteiger partial charge in [0.25, 0.3) is 0 Å². The highest BCUT2D eigenvalue weighted by atomic mass is 16.6. The van der Waals surface area contributed by atoms with E-state index in [1.165, 1.54) is 12.8 Å². The average Bonchev–Trinajstić information content (AvgIpc) is 3.52. The van der Waals surface area contributed by atoms with Crippen LogP contribution in [0.15, 0.2) is 59.1 Å². The van der Waals surface area contributed by atoms with E-state index in [0.717, 1.165) is 17.9 Å². The van der Waals surface area contributed by atoms with Gasteiger partial charge in [-0.3, -0.25) is 0 Å². The molecule has 1 saturated carbocycles. The Morgan fingerprint density at radius 1 is 1.09 bits per heavy atom. The van der Waals surface area contributed by atoms with Gasteiger partial charge < -0.3 is 28.7 Å². The van der Waals surface area contributed by atoms with E-state index >= 15 is 0 Å². The van der Waals surface area contributed by atoms with Gasteiger partial charge in [-0.1, -0.05) is 6.07 Å². The minimum atomic E-state index is -0.542. The van der Waals surface area contributed by atoms with E-state index in [1.807, 2.05) is 76.2 Å². The van der Waals surface area contributed by atoms with Crippen molar-refractivity contribution in [3.8, 4) is 34.6 Å². The molecule has 1 aliphatic carbocycles. The molecule has 186 valence electrons. The third kappa shape index (κ3) is 7.95. The summed E-state index contributed by atoms with van der Waals surface area (Å²) in [7, 11) is 0. The Morgan fingerprint density at radius 2 is 1.83 bits per heavy atom. The summed E-state index contributed by atoms with van der Waals surface area (Å²) in [4.78, 5) is 16.2. The predicted octanol–water partition coefficient (Wildman–Crippen LogP) is 6.21. The molecule has 1 aromatic heterocycles. The molecule has 1 N–H and O–H groups in total. The first-order chi connectivity index (χ1) is 16.7. The van der Waals surface area contributed by atoms with Crippen LogP contribution >= 0.6 is 0 Å². The Labute approximate surface area is 205 Å². The molecule has 1 unspecified atom stereocenters. The molecule has 1 fully saturated rings. The minimum Gasteiger partial charge on any atom is -0.493 e. The molecule has 8 heteroatoms. The maximum Gasteiger partial charge on any atom is 0.407 e. The lowest BCUT2D eigenvalue weighted by atomic mass is 10.2. The van der Waals surface area contributed by atoms with Crippen LogP contribution in [0.1, 0.15) is 40.5 Å². The van der Waals surface area contributed by atoms with Crippen molar-refractivity contribution in [2.45, 2.75) is 52.2 Å². The first-order valence-electron chi connectivity index (χ1n) is 11.8. The van der Waals surface area contributed by atoms with E-state index in [-0.39, 0.29) is 6.04 Å². The Hall–Kier alpha value is -3.68. The zero-order chi connectivity index (χ0) is 24.8. The van der Waals surface area contributed by atoms with Gasteiger partial charge in [0, 0.05) is 11.6 Å². The van der Waals surface area contributed by atoms with Gasteiger partial charge in [-0.25, -0.2) is 9.78 Å². The number of alkyl carbamates (subject to hydrolysis) is 1. The van der Waals surface area contributed by atoms with Crippen molar-refractivity contribution in [2.75, 3.05) is 13.2 Å². The molecule has 1 heterocycles. The molecule has 0 bridgehead atoms. The smallest absolute Gasteiger partial charge is 0.407 e. The first-order valence-corrected chi connectivity index (χ1v) is 11.8. The second kappa shape index (κ2) is 10.7. The van der Waals surface area contributed by atoms with Gasteiger partial charge in [0.2, 0.25) is 5.89 Å². The Balaban J connectivity index is 1.27. The van der Waals surface area contributed by atoms with Crippen LogP contribution in [0, 0.1) is 5.92 Å². The van der Waals surface area contributed by atoms with Crippen molar-refractivity contribution in [3.05, 3.63) is 54.7 Å². The number of oxazole rings is 1. The van der Waals surface area contributed by atoms with Gasteiger partial charge >= 0.3 is 12.0 Å². The van der Waals surface area contributed by atoms with E-state index in [1.54, 1.807) is 6.20 Å². The minimum absolute atomic E-state index is 0.214. The summed E-state index contributed by atoms with van der Waals surface area (Å²) in [5.41, 5.74) is 0.243. The number of carbonyl (C=O) groups is 1. The van der Waals surface area contributed by atoms with E-state index in [4.69, 9.17) is 23.4 Å². The maximum absolute atomic E-state index is 11.8. The fourth-order valence-electron chi connectivity index (χ4n) is 3.15. The zero-order valence-electron chi connectivity index (χ0n) is 20.6. The highest BCUT2D eigenvalue weighted by molar-refractivity contribution is 5.68. The molecule has 0 radical (unpaired) electrons. The van der Waals surface area contributed by atoms with E-state index < -0.39 is 11.7 Å². The van der Waals surface area contributed by atoms with E-state index in [9.17, 15) is 4.79 Å². The van der Waals surface area contributed by atoms with Gasteiger partial charge in [-0.05, 0) is 82.9 Å². The van der Waals surface area contributed by atoms with Crippen molar-refractivity contribution in [1.82, 2.24) is 10.3 Å². The van der Waals surface area contributed by atoms with Crippen molar-refractivity contribution in [3.63, 3.8) is 0 Å². The van der Waals surface area contributed by atoms with Crippen LogP contribution in [0.2, 0.25) is 0 Å². The first kappa shape index (κ1) is 24.4. The average molecular weight is 481 g/mol. The molecule has 4 rings (SSSR count). The monoisotopic (exact) mass is 480 g/mol. The summed E-state index contributed by atoms with van der Waals surface area (Å²) in [6.45, 7) is 8.36. The molecule has 1 aliphatic rings. The van der Waals surface area contributed by atoms with Crippen LogP contribution in [0.4, 0.5) is 4.79 Å². The molecule has 3 aromatic rings. The van der Waals surface area contributed by atoms with Crippen molar-refractivity contribution < 1.29 is 28.2 Å². The second-order valence-corrected chi connectivity index (χ2v) is 9.70. The second-order valence-electron chi connectivity index (χ2n) is 9.70. The lowest BCUT2D eigenvalue weighted by Gasteiger charge is -2.22. The normalized spacial score (nSPS) is 14.2. The Kier molecular flexibility index (Phi) is 7.48. The summed E-state index contributed by atoms with van der Waals surface area (Å²) in [5.74, 6) is 3.48. The van der Waals surface area contributed by atoms with Crippen LogP contribution in [0.25, 0.3) is 11.5 Å². The van der Waals surface area contributed by atoms with Crippen molar-refractivity contribution in [1.29, 1.82) is 0 Å². The maximum atomic E-state index is 11.8. The molecule has 0 saturated heterocycles. The highest BCUT2D eigenvalue weighted by Crippen LogP contribution is 2.32.